The number of nitrogens with zero attached hydrogens (tertiary/aromatic N) is 1. The number of aromatic amines is 1. The number of aromatic nitrogens is 2. The number of fused-ring (bicyclic) bond motifs is 1. The molecular formula is C20H19N3O3. The first-order valence-electron chi connectivity index (χ1n) is 8.66. The SMILES string of the molecule is O=C(NCc1nc2ccccc2[nH]1)c1ccc(OCC(=O)C2CC2)cc1. The molecule has 1 aromatic heterocycles. The Morgan fingerprint density at radius 2 is 1.88 bits per heavy atom. The van der Waals surface area contributed by atoms with E-state index in [1.165, 1.54) is 0 Å². The molecule has 6 nitrogen and oxygen atoms in total. The number of H-pyrrole nitrogens is 1. The van der Waals surface area contributed by atoms with Gasteiger partial charge in [-0.05, 0) is 49.2 Å². The van der Waals surface area contributed by atoms with Crippen LogP contribution in [0.2, 0.25) is 0 Å². The molecule has 2 N–H and O–H groups in total. The van der Waals surface area contributed by atoms with E-state index in [0.717, 1.165) is 23.9 Å². The summed E-state index contributed by atoms with van der Waals surface area (Å²) in [5, 5.41) is 2.84. The number of carbonyl (C=O) groups excluding carboxylic acids is 2. The smallest absolute Gasteiger partial charge is 0.251 e. The molecule has 2 aromatic carbocycles. The molecule has 3 aromatic rings. The maximum Gasteiger partial charge on any atom is 0.251 e. The zero-order valence-corrected chi connectivity index (χ0v) is 14.2. The van der Waals surface area contributed by atoms with E-state index in [1.54, 1.807) is 24.3 Å². The average molecular weight is 349 g/mol. The van der Waals surface area contributed by atoms with Crippen LogP contribution >= 0.6 is 0 Å². The number of para-hydroxylation sites is 2. The molecule has 132 valence electrons. The fourth-order valence-electron chi connectivity index (χ4n) is 2.74. The second-order valence-electron chi connectivity index (χ2n) is 6.44. The number of hydrogen-bond acceptors (Lipinski definition) is 4. The Morgan fingerprint density at radius 1 is 1.12 bits per heavy atom. The van der Waals surface area contributed by atoms with Crippen molar-refractivity contribution in [3.8, 4) is 5.75 Å². The molecule has 1 saturated carbocycles. The van der Waals surface area contributed by atoms with E-state index in [1.807, 2.05) is 24.3 Å². The molecule has 0 atom stereocenters. The summed E-state index contributed by atoms with van der Waals surface area (Å²) in [4.78, 5) is 31.5. The molecule has 1 fully saturated rings. The van der Waals surface area contributed by atoms with Gasteiger partial charge in [0, 0.05) is 11.5 Å². The minimum atomic E-state index is -0.189. The molecule has 0 saturated heterocycles. The molecule has 26 heavy (non-hydrogen) atoms. The Hall–Kier alpha value is -3.15. The van der Waals surface area contributed by atoms with E-state index in [9.17, 15) is 9.59 Å². The number of amides is 1. The van der Waals surface area contributed by atoms with Crippen molar-refractivity contribution in [3.05, 3.63) is 59.9 Å². The molecular weight excluding hydrogens is 330 g/mol. The fourth-order valence-corrected chi connectivity index (χ4v) is 2.74. The molecule has 1 aliphatic rings. The van der Waals surface area contributed by atoms with Crippen LogP contribution in [-0.2, 0) is 11.3 Å². The van der Waals surface area contributed by atoms with Crippen LogP contribution in [0.25, 0.3) is 11.0 Å². The first-order chi connectivity index (χ1) is 12.7. The number of rotatable bonds is 7. The molecule has 0 radical (unpaired) electrons. The summed E-state index contributed by atoms with van der Waals surface area (Å²) < 4.78 is 5.47. The summed E-state index contributed by atoms with van der Waals surface area (Å²) in [6.07, 6.45) is 1.96. The maximum absolute atomic E-state index is 12.3. The van der Waals surface area contributed by atoms with Gasteiger partial charge >= 0.3 is 0 Å². The normalized spacial score (nSPS) is 13.5. The van der Waals surface area contributed by atoms with Crippen molar-refractivity contribution in [2.45, 2.75) is 19.4 Å². The molecule has 1 heterocycles. The number of nitrogens with one attached hydrogen (secondary N) is 2. The zero-order valence-electron chi connectivity index (χ0n) is 14.2. The summed E-state index contributed by atoms with van der Waals surface area (Å²) in [6, 6.07) is 14.5. The third-order valence-corrected chi connectivity index (χ3v) is 4.39. The van der Waals surface area contributed by atoms with E-state index in [0.29, 0.717) is 23.7 Å². The maximum atomic E-state index is 12.3. The van der Waals surface area contributed by atoms with Gasteiger partial charge in [0.05, 0.1) is 17.6 Å². The monoisotopic (exact) mass is 349 g/mol. The number of hydrogen-bond donors (Lipinski definition) is 2. The summed E-state index contributed by atoms with van der Waals surface area (Å²) in [7, 11) is 0. The van der Waals surface area contributed by atoms with Crippen LogP contribution in [0.1, 0.15) is 29.0 Å². The van der Waals surface area contributed by atoms with E-state index in [2.05, 4.69) is 15.3 Å². The van der Waals surface area contributed by atoms with Gasteiger partial charge in [-0.2, -0.15) is 0 Å². The molecule has 1 amide bonds. The number of Topliss-reactive ketones (excluding diaryl/α,β-unsaturated/α-hetero) is 1. The Kier molecular flexibility index (Phi) is 4.39. The third-order valence-electron chi connectivity index (χ3n) is 4.39. The first kappa shape index (κ1) is 16.3. The van der Waals surface area contributed by atoms with Crippen molar-refractivity contribution >= 4 is 22.7 Å². The lowest BCUT2D eigenvalue weighted by Crippen LogP contribution is -2.23. The summed E-state index contributed by atoms with van der Waals surface area (Å²) >= 11 is 0. The largest absolute Gasteiger partial charge is 0.486 e. The lowest BCUT2D eigenvalue weighted by molar-refractivity contribution is -0.122. The van der Waals surface area contributed by atoms with E-state index >= 15 is 0 Å². The first-order valence-corrected chi connectivity index (χ1v) is 8.66. The highest BCUT2D eigenvalue weighted by atomic mass is 16.5. The lowest BCUT2D eigenvalue weighted by Gasteiger charge is -2.07. The van der Waals surface area contributed by atoms with Crippen LogP contribution in [-0.4, -0.2) is 28.3 Å². The van der Waals surface area contributed by atoms with E-state index < -0.39 is 0 Å². The molecule has 0 aliphatic heterocycles. The Morgan fingerprint density at radius 3 is 2.62 bits per heavy atom. The highest BCUT2D eigenvalue weighted by molar-refractivity contribution is 5.94. The van der Waals surface area contributed by atoms with Crippen LogP contribution in [0.5, 0.6) is 5.75 Å². The van der Waals surface area contributed by atoms with Crippen LogP contribution in [0.4, 0.5) is 0 Å². The van der Waals surface area contributed by atoms with Crippen molar-refractivity contribution < 1.29 is 14.3 Å². The summed E-state index contributed by atoms with van der Waals surface area (Å²) in [5.41, 5.74) is 2.35. The Balaban J connectivity index is 1.31. The molecule has 0 spiro atoms. The van der Waals surface area contributed by atoms with Gasteiger partial charge in [0.2, 0.25) is 0 Å². The second kappa shape index (κ2) is 7.00. The number of carbonyl (C=O) groups is 2. The van der Waals surface area contributed by atoms with Crippen molar-refractivity contribution in [2.24, 2.45) is 5.92 Å². The topological polar surface area (TPSA) is 84.1 Å². The van der Waals surface area contributed by atoms with Crippen LogP contribution in [0, 0.1) is 5.92 Å². The highest BCUT2D eigenvalue weighted by Crippen LogP contribution is 2.29. The van der Waals surface area contributed by atoms with Gasteiger partial charge in [-0.15, -0.1) is 0 Å². The molecule has 0 unspecified atom stereocenters. The van der Waals surface area contributed by atoms with Crippen LogP contribution < -0.4 is 10.1 Å². The molecule has 6 heteroatoms. The minimum absolute atomic E-state index is 0.0995. The van der Waals surface area contributed by atoms with Gasteiger partial charge in [0.1, 0.15) is 18.2 Å². The molecule has 1 aliphatic carbocycles. The minimum Gasteiger partial charge on any atom is -0.486 e. The summed E-state index contributed by atoms with van der Waals surface area (Å²) in [5.74, 6) is 1.45. The van der Waals surface area contributed by atoms with E-state index in [4.69, 9.17) is 4.74 Å². The molecule has 4 rings (SSSR count). The highest BCUT2D eigenvalue weighted by Gasteiger charge is 2.29. The van der Waals surface area contributed by atoms with Crippen molar-refractivity contribution in [3.63, 3.8) is 0 Å². The van der Waals surface area contributed by atoms with Crippen LogP contribution in [0.15, 0.2) is 48.5 Å². The van der Waals surface area contributed by atoms with Gasteiger partial charge in [-0.25, -0.2) is 4.98 Å². The van der Waals surface area contributed by atoms with Crippen LogP contribution in [0.3, 0.4) is 0 Å². The quantitative estimate of drug-likeness (QED) is 0.687. The molecule has 0 bridgehead atoms. The predicted molar refractivity (Wildman–Crippen MR) is 96.9 cm³/mol. The van der Waals surface area contributed by atoms with Gasteiger partial charge in [0.15, 0.2) is 5.78 Å². The number of imidazole rings is 1. The van der Waals surface area contributed by atoms with Crippen molar-refractivity contribution in [1.82, 2.24) is 15.3 Å². The second-order valence-corrected chi connectivity index (χ2v) is 6.44. The van der Waals surface area contributed by atoms with Gasteiger partial charge in [-0.1, -0.05) is 12.1 Å². The van der Waals surface area contributed by atoms with Gasteiger partial charge in [-0.3, -0.25) is 9.59 Å². The third kappa shape index (κ3) is 3.74. The summed E-state index contributed by atoms with van der Waals surface area (Å²) in [6.45, 7) is 0.421. The lowest BCUT2D eigenvalue weighted by atomic mass is 10.2. The van der Waals surface area contributed by atoms with Crippen molar-refractivity contribution in [2.75, 3.05) is 6.61 Å². The van der Waals surface area contributed by atoms with Gasteiger partial charge in [0.25, 0.3) is 5.91 Å². The fraction of sp³-hybridized carbons (Fsp3) is 0.250. The van der Waals surface area contributed by atoms with Crippen molar-refractivity contribution in [1.29, 1.82) is 0 Å². The van der Waals surface area contributed by atoms with Gasteiger partial charge < -0.3 is 15.0 Å². The number of benzene rings is 2. The number of ether oxygens (including phenoxy) is 1. The van der Waals surface area contributed by atoms with E-state index in [-0.39, 0.29) is 24.2 Å². The predicted octanol–water partition coefficient (Wildman–Crippen LogP) is 2.85. The average Bonchev–Trinajstić information content (AvgIpc) is 3.44. The Bertz CT molecular complexity index is 909. The Labute approximate surface area is 150 Å². The number of ketones is 1. The standard InChI is InChI=1S/C20H19N3O3/c24-18(13-5-6-13)12-26-15-9-7-14(8-10-15)20(25)21-11-19-22-16-3-1-2-4-17(16)23-19/h1-4,7-10,13H,5-6,11-12H2,(H,21,25)(H,22,23). The zero-order chi connectivity index (χ0) is 17.9.